The van der Waals surface area contributed by atoms with Gasteiger partial charge in [0.25, 0.3) is 5.91 Å². The number of piperidine rings is 1. The topological polar surface area (TPSA) is 40.5 Å². The third-order valence-corrected chi connectivity index (χ3v) is 4.19. The molecule has 0 aliphatic carbocycles. The number of halogens is 1. The van der Waals surface area contributed by atoms with Crippen LogP contribution in [-0.4, -0.2) is 29.0 Å². The summed E-state index contributed by atoms with van der Waals surface area (Å²) in [6.07, 6.45) is 1.91. The predicted octanol–water partition coefficient (Wildman–Crippen LogP) is 3.43. The Balaban J connectivity index is 2.05. The van der Waals surface area contributed by atoms with E-state index in [0.717, 1.165) is 18.9 Å². The number of nitrogens with zero attached hydrogens (tertiary/aromatic N) is 1. The molecule has 20 heavy (non-hydrogen) atoms. The standard InChI is InChI=1S/C16H22FNO2/c1-16(2,3)11-6-8-18(9-7-11)15(20)13-5-4-12(19)10-14(13)17/h4-5,10-11,19H,6-9H2,1-3H3. The molecule has 1 N–H and O–H groups in total. The third-order valence-electron chi connectivity index (χ3n) is 4.19. The zero-order chi connectivity index (χ0) is 14.9. The second-order valence-corrected chi connectivity index (χ2v) is 6.60. The van der Waals surface area contributed by atoms with E-state index in [9.17, 15) is 14.3 Å². The fourth-order valence-corrected chi connectivity index (χ4v) is 2.80. The van der Waals surface area contributed by atoms with Crippen molar-refractivity contribution in [1.29, 1.82) is 0 Å². The maximum Gasteiger partial charge on any atom is 0.256 e. The van der Waals surface area contributed by atoms with Gasteiger partial charge in [0, 0.05) is 19.2 Å². The lowest BCUT2D eigenvalue weighted by Crippen LogP contribution is -2.41. The quantitative estimate of drug-likeness (QED) is 0.855. The molecule has 1 heterocycles. The molecule has 2 rings (SSSR count). The summed E-state index contributed by atoms with van der Waals surface area (Å²) in [5, 5.41) is 9.19. The van der Waals surface area contributed by atoms with Crippen molar-refractivity contribution in [3.05, 3.63) is 29.6 Å². The van der Waals surface area contributed by atoms with Gasteiger partial charge in [0.2, 0.25) is 0 Å². The lowest BCUT2D eigenvalue weighted by atomic mass is 9.75. The number of carbonyl (C=O) groups is 1. The van der Waals surface area contributed by atoms with E-state index in [4.69, 9.17) is 0 Å². The molecule has 110 valence electrons. The zero-order valence-corrected chi connectivity index (χ0v) is 12.3. The average Bonchev–Trinajstić information content (AvgIpc) is 2.37. The molecule has 0 atom stereocenters. The van der Waals surface area contributed by atoms with Crippen LogP contribution in [0.25, 0.3) is 0 Å². The van der Waals surface area contributed by atoms with Gasteiger partial charge in [-0.15, -0.1) is 0 Å². The molecule has 0 unspecified atom stereocenters. The number of phenolic OH excluding ortho intramolecular Hbond substituents is 1. The molecule has 0 aromatic heterocycles. The van der Waals surface area contributed by atoms with Crippen molar-refractivity contribution >= 4 is 5.91 Å². The molecule has 1 aromatic carbocycles. The first-order valence-corrected chi connectivity index (χ1v) is 7.07. The number of aromatic hydroxyl groups is 1. The Labute approximate surface area is 119 Å². The van der Waals surface area contributed by atoms with Gasteiger partial charge in [-0.05, 0) is 36.3 Å². The van der Waals surface area contributed by atoms with E-state index in [1.165, 1.54) is 12.1 Å². The van der Waals surface area contributed by atoms with Gasteiger partial charge < -0.3 is 10.0 Å². The van der Waals surface area contributed by atoms with Crippen LogP contribution in [0.2, 0.25) is 0 Å². The Bertz CT molecular complexity index is 500. The number of carbonyl (C=O) groups excluding carboxylic acids is 1. The van der Waals surface area contributed by atoms with E-state index in [2.05, 4.69) is 20.8 Å². The highest BCUT2D eigenvalue weighted by molar-refractivity contribution is 5.94. The maximum absolute atomic E-state index is 13.7. The molecular weight excluding hydrogens is 257 g/mol. The maximum atomic E-state index is 13.7. The third kappa shape index (κ3) is 3.11. The van der Waals surface area contributed by atoms with E-state index in [1.807, 2.05) is 0 Å². The van der Waals surface area contributed by atoms with Crippen LogP contribution >= 0.6 is 0 Å². The number of amides is 1. The molecule has 1 saturated heterocycles. The Hall–Kier alpha value is -1.58. The predicted molar refractivity (Wildman–Crippen MR) is 76.1 cm³/mol. The summed E-state index contributed by atoms with van der Waals surface area (Å²) in [5.41, 5.74) is 0.288. The highest BCUT2D eigenvalue weighted by atomic mass is 19.1. The Kier molecular flexibility index (Phi) is 4.02. The van der Waals surface area contributed by atoms with E-state index < -0.39 is 5.82 Å². The average molecular weight is 279 g/mol. The van der Waals surface area contributed by atoms with Crippen LogP contribution in [0.3, 0.4) is 0 Å². The lowest BCUT2D eigenvalue weighted by molar-refractivity contribution is 0.0604. The summed E-state index contributed by atoms with van der Waals surface area (Å²) in [5.74, 6) is -0.510. The first kappa shape index (κ1) is 14.8. The second kappa shape index (κ2) is 5.43. The number of rotatable bonds is 1. The number of hydrogen-bond donors (Lipinski definition) is 1. The van der Waals surface area contributed by atoms with E-state index in [1.54, 1.807) is 4.90 Å². The van der Waals surface area contributed by atoms with Crippen molar-refractivity contribution in [1.82, 2.24) is 4.90 Å². The molecule has 4 heteroatoms. The molecular formula is C16H22FNO2. The molecule has 3 nitrogen and oxygen atoms in total. The van der Waals surface area contributed by atoms with Crippen LogP contribution in [0, 0.1) is 17.2 Å². The molecule has 0 radical (unpaired) electrons. The SMILES string of the molecule is CC(C)(C)C1CCN(C(=O)c2ccc(O)cc2F)CC1. The summed E-state index contributed by atoms with van der Waals surface area (Å²) in [7, 11) is 0. The molecule has 0 saturated carbocycles. The molecule has 1 aliphatic rings. The summed E-state index contributed by atoms with van der Waals surface area (Å²) in [4.78, 5) is 14.0. The van der Waals surface area contributed by atoms with E-state index in [0.29, 0.717) is 19.0 Å². The van der Waals surface area contributed by atoms with Crippen molar-refractivity contribution in [3.8, 4) is 5.75 Å². The van der Waals surface area contributed by atoms with Gasteiger partial charge in [-0.2, -0.15) is 0 Å². The van der Waals surface area contributed by atoms with Crippen molar-refractivity contribution < 1.29 is 14.3 Å². The molecule has 1 amide bonds. The minimum absolute atomic E-state index is 0.0389. The highest BCUT2D eigenvalue weighted by Gasteiger charge is 2.31. The number of phenols is 1. The first-order chi connectivity index (χ1) is 9.29. The summed E-state index contributed by atoms with van der Waals surface area (Å²) in [6.45, 7) is 7.99. The Morgan fingerprint density at radius 1 is 1.30 bits per heavy atom. The van der Waals surface area contributed by atoms with Crippen molar-refractivity contribution in [3.63, 3.8) is 0 Å². The molecule has 1 aliphatic heterocycles. The lowest BCUT2D eigenvalue weighted by Gasteiger charge is -2.38. The summed E-state index contributed by atoms with van der Waals surface area (Å²) >= 11 is 0. The van der Waals surface area contributed by atoms with Crippen LogP contribution in [0.1, 0.15) is 44.0 Å². The van der Waals surface area contributed by atoms with Gasteiger partial charge in [-0.25, -0.2) is 4.39 Å². The van der Waals surface area contributed by atoms with Gasteiger partial charge in [-0.3, -0.25) is 4.79 Å². The fourth-order valence-electron chi connectivity index (χ4n) is 2.80. The van der Waals surface area contributed by atoms with Gasteiger partial charge in [0.05, 0.1) is 5.56 Å². The molecule has 0 spiro atoms. The largest absolute Gasteiger partial charge is 0.508 e. The fraction of sp³-hybridized carbons (Fsp3) is 0.562. The van der Waals surface area contributed by atoms with Crippen LogP contribution < -0.4 is 0 Å². The van der Waals surface area contributed by atoms with Crippen LogP contribution in [-0.2, 0) is 0 Å². The highest BCUT2D eigenvalue weighted by Crippen LogP contribution is 2.34. The van der Waals surface area contributed by atoms with Crippen LogP contribution in [0.5, 0.6) is 5.75 Å². The van der Waals surface area contributed by atoms with Crippen LogP contribution in [0.4, 0.5) is 4.39 Å². The molecule has 0 bridgehead atoms. The van der Waals surface area contributed by atoms with Gasteiger partial charge >= 0.3 is 0 Å². The monoisotopic (exact) mass is 279 g/mol. The van der Waals surface area contributed by atoms with Crippen molar-refractivity contribution in [2.24, 2.45) is 11.3 Å². The Morgan fingerprint density at radius 2 is 1.90 bits per heavy atom. The normalized spacial score (nSPS) is 17.3. The summed E-state index contributed by atoms with van der Waals surface area (Å²) < 4.78 is 13.7. The van der Waals surface area contributed by atoms with Crippen LogP contribution in [0.15, 0.2) is 18.2 Å². The number of benzene rings is 1. The minimum Gasteiger partial charge on any atom is -0.508 e. The zero-order valence-electron chi connectivity index (χ0n) is 12.3. The minimum atomic E-state index is -0.659. The van der Waals surface area contributed by atoms with Crippen molar-refractivity contribution in [2.45, 2.75) is 33.6 Å². The number of hydrogen-bond acceptors (Lipinski definition) is 2. The van der Waals surface area contributed by atoms with Gasteiger partial charge in [-0.1, -0.05) is 20.8 Å². The van der Waals surface area contributed by atoms with E-state index in [-0.39, 0.29) is 22.6 Å². The number of likely N-dealkylation sites (tertiary alicyclic amines) is 1. The first-order valence-electron chi connectivity index (χ1n) is 7.07. The summed E-state index contributed by atoms with van der Waals surface area (Å²) in [6, 6.07) is 3.68. The van der Waals surface area contributed by atoms with Crippen molar-refractivity contribution in [2.75, 3.05) is 13.1 Å². The van der Waals surface area contributed by atoms with Gasteiger partial charge in [0.1, 0.15) is 11.6 Å². The van der Waals surface area contributed by atoms with Gasteiger partial charge in [0.15, 0.2) is 0 Å². The smallest absolute Gasteiger partial charge is 0.256 e. The second-order valence-electron chi connectivity index (χ2n) is 6.60. The molecule has 1 fully saturated rings. The Morgan fingerprint density at radius 3 is 2.40 bits per heavy atom. The van der Waals surface area contributed by atoms with E-state index >= 15 is 0 Å². The molecule has 1 aromatic rings.